The summed E-state index contributed by atoms with van der Waals surface area (Å²) in [5, 5.41) is 0.202. The number of imidazole rings is 1. The van der Waals surface area contributed by atoms with Crippen molar-refractivity contribution in [2.45, 2.75) is 44.2 Å². The Balaban J connectivity index is 1.67. The molecular formula is C13H16ClN4O7P. The third kappa shape index (κ3) is 3.25. The zero-order chi connectivity index (χ0) is 18.7. The van der Waals surface area contributed by atoms with Gasteiger partial charge in [0.25, 0.3) is 0 Å². The lowest BCUT2D eigenvalue weighted by atomic mass is 10.1. The molecule has 0 saturated carbocycles. The molecule has 2 N–H and O–H groups in total. The monoisotopic (exact) mass is 406 g/mol. The van der Waals surface area contributed by atoms with Gasteiger partial charge in [-0.15, -0.1) is 0 Å². The van der Waals surface area contributed by atoms with E-state index < -0.39 is 38.1 Å². The summed E-state index contributed by atoms with van der Waals surface area (Å²) in [7, 11) is -4.65. The van der Waals surface area contributed by atoms with Gasteiger partial charge in [-0.2, -0.15) is 0 Å². The fourth-order valence-corrected chi connectivity index (χ4v) is 3.72. The number of ether oxygens (including phenoxy) is 3. The smallest absolute Gasteiger partial charge is 0.347 e. The van der Waals surface area contributed by atoms with Crippen LogP contribution in [-0.2, 0) is 23.3 Å². The predicted octanol–water partition coefficient (Wildman–Crippen LogP) is 1.01. The molecule has 2 fully saturated rings. The Morgan fingerprint density at radius 2 is 2.04 bits per heavy atom. The topological polar surface area (TPSA) is 138 Å². The molecular weight excluding hydrogens is 391 g/mol. The molecule has 0 bridgehead atoms. The zero-order valence-electron chi connectivity index (χ0n) is 13.7. The van der Waals surface area contributed by atoms with E-state index in [1.54, 1.807) is 18.4 Å². The molecule has 0 aliphatic carbocycles. The van der Waals surface area contributed by atoms with E-state index >= 15 is 0 Å². The number of phosphoric ester groups is 1. The second-order valence-corrected chi connectivity index (χ2v) is 8.00. The summed E-state index contributed by atoms with van der Waals surface area (Å²) >= 11 is 6.03. The highest BCUT2D eigenvalue weighted by Crippen LogP contribution is 2.45. The van der Waals surface area contributed by atoms with E-state index in [0.717, 1.165) is 0 Å². The van der Waals surface area contributed by atoms with Crippen LogP contribution < -0.4 is 0 Å². The van der Waals surface area contributed by atoms with Crippen LogP contribution in [0, 0.1) is 0 Å². The van der Waals surface area contributed by atoms with Gasteiger partial charge in [0.05, 0.1) is 12.9 Å². The van der Waals surface area contributed by atoms with E-state index in [2.05, 4.69) is 19.5 Å². The molecule has 0 radical (unpaired) electrons. The molecule has 0 aromatic carbocycles. The van der Waals surface area contributed by atoms with Crippen LogP contribution in [0.15, 0.2) is 12.7 Å². The fraction of sp³-hybridized carbons (Fsp3) is 0.615. The van der Waals surface area contributed by atoms with Crippen LogP contribution in [0.4, 0.5) is 0 Å². The number of halogens is 1. The minimum Gasteiger partial charge on any atom is -0.347 e. The normalized spacial score (nSPS) is 30.8. The van der Waals surface area contributed by atoms with Crippen LogP contribution in [0.25, 0.3) is 11.2 Å². The Hall–Kier alpha value is -1.17. The van der Waals surface area contributed by atoms with Crippen molar-refractivity contribution in [1.29, 1.82) is 0 Å². The Labute approximate surface area is 152 Å². The van der Waals surface area contributed by atoms with E-state index in [9.17, 15) is 4.57 Å². The van der Waals surface area contributed by atoms with Crippen molar-refractivity contribution in [2.75, 3.05) is 6.61 Å². The average molecular weight is 407 g/mol. The largest absolute Gasteiger partial charge is 0.469 e. The minimum atomic E-state index is -4.65. The second-order valence-electron chi connectivity index (χ2n) is 6.40. The number of rotatable bonds is 4. The summed E-state index contributed by atoms with van der Waals surface area (Å²) in [6.45, 7) is 3.13. The molecule has 4 heterocycles. The van der Waals surface area contributed by atoms with E-state index in [-0.39, 0.29) is 11.8 Å². The molecule has 2 aliphatic heterocycles. The van der Waals surface area contributed by atoms with Crippen molar-refractivity contribution in [1.82, 2.24) is 19.5 Å². The van der Waals surface area contributed by atoms with Gasteiger partial charge in [-0.3, -0.25) is 9.09 Å². The molecule has 4 atom stereocenters. The highest BCUT2D eigenvalue weighted by molar-refractivity contribution is 7.46. The van der Waals surface area contributed by atoms with Crippen LogP contribution in [0.3, 0.4) is 0 Å². The number of fused-ring (bicyclic) bond motifs is 2. The van der Waals surface area contributed by atoms with Gasteiger partial charge in [0, 0.05) is 0 Å². The van der Waals surface area contributed by atoms with Crippen LogP contribution >= 0.6 is 19.4 Å². The van der Waals surface area contributed by atoms with Crippen molar-refractivity contribution in [3.63, 3.8) is 0 Å². The second kappa shape index (κ2) is 6.18. The number of aromatic nitrogens is 4. The first-order valence-corrected chi connectivity index (χ1v) is 9.60. The molecule has 11 nitrogen and oxygen atoms in total. The van der Waals surface area contributed by atoms with Gasteiger partial charge in [-0.25, -0.2) is 19.5 Å². The zero-order valence-corrected chi connectivity index (χ0v) is 15.4. The third-order valence-electron chi connectivity index (χ3n) is 4.12. The average Bonchev–Trinajstić information content (AvgIpc) is 3.16. The van der Waals surface area contributed by atoms with Gasteiger partial charge >= 0.3 is 7.82 Å². The lowest BCUT2D eigenvalue weighted by molar-refractivity contribution is -0.199. The molecule has 13 heteroatoms. The molecule has 4 rings (SSSR count). The van der Waals surface area contributed by atoms with Crippen LogP contribution in [0.1, 0.15) is 20.1 Å². The summed E-state index contributed by atoms with van der Waals surface area (Å²) in [6.07, 6.45) is 0.211. The van der Waals surface area contributed by atoms with E-state index in [1.807, 2.05) is 0 Å². The maximum absolute atomic E-state index is 11.0. The summed E-state index contributed by atoms with van der Waals surface area (Å²) in [5.41, 5.74) is 0.848. The Morgan fingerprint density at radius 3 is 2.77 bits per heavy atom. The van der Waals surface area contributed by atoms with Gasteiger partial charge in [0.2, 0.25) is 0 Å². The van der Waals surface area contributed by atoms with Gasteiger partial charge < -0.3 is 24.0 Å². The molecule has 0 unspecified atom stereocenters. The van der Waals surface area contributed by atoms with Gasteiger partial charge in [-0.05, 0) is 13.8 Å². The van der Waals surface area contributed by atoms with Crippen molar-refractivity contribution < 1.29 is 33.1 Å². The summed E-state index contributed by atoms with van der Waals surface area (Å²) < 4.78 is 34.9. The lowest BCUT2D eigenvalue weighted by Crippen LogP contribution is -2.32. The molecule has 26 heavy (non-hydrogen) atoms. The molecule has 2 aromatic heterocycles. The molecule has 0 amide bonds. The van der Waals surface area contributed by atoms with Gasteiger partial charge in [0.15, 0.2) is 22.8 Å². The first kappa shape index (κ1) is 18.2. The SMILES string of the molecule is CC1(C)O[C@@H]2[C@H](O1)[C@@H](COP(=O)(O)O)O[C@H]2n1cnc2c(Cl)ncnc21. The highest BCUT2D eigenvalue weighted by Gasteiger charge is 2.56. The Morgan fingerprint density at radius 1 is 1.31 bits per heavy atom. The highest BCUT2D eigenvalue weighted by atomic mass is 35.5. The van der Waals surface area contributed by atoms with Crippen LogP contribution in [-0.4, -0.2) is 60.0 Å². The van der Waals surface area contributed by atoms with E-state index in [0.29, 0.717) is 11.2 Å². The van der Waals surface area contributed by atoms with E-state index in [4.69, 9.17) is 35.6 Å². The number of nitrogens with zero attached hydrogens (tertiary/aromatic N) is 4. The first-order valence-electron chi connectivity index (χ1n) is 7.69. The van der Waals surface area contributed by atoms with Crippen molar-refractivity contribution in [3.8, 4) is 0 Å². The number of hydrogen-bond acceptors (Lipinski definition) is 8. The van der Waals surface area contributed by atoms with Crippen molar-refractivity contribution in [3.05, 3.63) is 17.8 Å². The maximum Gasteiger partial charge on any atom is 0.469 e. The van der Waals surface area contributed by atoms with Crippen LogP contribution in [0.2, 0.25) is 5.15 Å². The lowest BCUT2D eigenvalue weighted by Gasteiger charge is -2.24. The Bertz CT molecular complexity index is 886. The summed E-state index contributed by atoms with van der Waals surface area (Å²) in [4.78, 5) is 30.2. The fourth-order valence-electron chi connectivity index (χ4n) is 3.20. The molecule has 2 saturated heterocycles. The third-order valence-corrected chi connectivity index (χ3v) is 4.88. The van der Waals surface area contributed by atoms with Crippen LogP contribution in [0.5, 0.6) is 0 Å². The first-order chi connectivity index (χ1) is 12.1. The van der Waals surface area contributed by atoms with Crippen molar-refractivity contribution >= 4 is 30.6 Å². The minimum absolute atomic E-state index is 0.202. The van der Waals surface area contributed by atoms with Gasteiger partial charge in [0.1, 0.15) is 30.2 Å². The molecule has 2 aromatic rings. The van der Waals surface area contributed by atoms with Gasteiger partial charge in [-0.1, -0.05) is 11.6 Å². The molecule has 142 valence electrons. The molecule has 0 spiro atoms. The Kier molecular flexibility index (Phi) is 4.33. The number of phosphoric acid groups is 1. The maximum atomic E-state index is 11.0. The quantitative estimate of drug-likeness (QED) is 0.558. The van der Waals surface area contributed by atoms with E-state index in [1.165, 1.54) is 12.7 Å². The van der Waals surface area contributed by atoms with Crippen molar-refractivity contribution in [2.24, 2.45) is 0 Å². The number of hydrogen-bond donors (Lipinski definition) is 2. The molecule has 2 aliphatic rings. The standard InChI is InChI=1S/C13H16ClN4O7P/c1-13(2)24-8-6(3-22-26(19,20)21)23-12(9(8)25-13)18-5-17-7-10(14)15-4-16-11(7)18/h4-6,8-9,12H,3H2,1-2H3,(H2,19,20,21)/t6-,8-,9-,12-/m1/s1. The summed E-state index contributed by atoms with van der Waals surface area (Å²) in [6, 6.07) is 0. The summed E-state index contributed by atoms with van der Waals surface area (Å²) in [5.74, 6) is -0.888. The predicted molar refractivity (Wildman–Crippen MR) is 86.1 cm³/mol.